The maximum atomic E-state index is 9.20. The molecule has 1 atom stereocenters. The van der Waals surface area contributed by atoms with Crippen LogP contribution in [0.2, 0.25) is 0 Å². The van der Waals surface area contributed by atoms with E-state index in [1.54, 1.807) is 0 Å². The van der Waals surface area contributed by atoms with Crippen LogP contribution in [0.5, 0.6) is 0 Å². The maximum absolute atomic E-state index is 9.20. The first-order chi connectivity index (χ1) is 7.83. The van der Waals surface area contributed by atoms with Crippen molar-refractivity contribution in [3.05, 3.63) is 11.7 Å². The van der Waals surface area contributed by atoms with Gasteiger partial charge < -0.3 is 9.63 Å². The minimum absolute atomic E-state index is 0.218. The van der Waals surface area contributed by atoms with E-state index in [0.29, 0.717) is 12.4 Å². The number of aliphatic hydroxyl groups is 1. The summed E-state index contributed by atoms with van der Waals surface area (Å²) >= 11 is 0. The Morgan fingerprint density at radius 2 is 2.44 bits per heavy atom. The van der Waals surface area contributed by atoms with E-state index in [4.69, 9.17) is 4.52 Å². The van der Waals surface area contributed by atoms with Crippen molar-refractivity contribution in [1.29, 1.82) is 0 Å². The normalized spacial score (nSPS) is 21.8. The van der Waals surface area contributed by atoms with Crippen LogP contribution in [0, 0.1) is 0 Å². The highest BCUT2D eigenvalue weighted by molar-refractivity contribution is 4.89. The van der Waals surface area contributed by atoms with Crippen LogP contribution in [-0.2, 0) is 13.0 Å². The van der Waals surface area contributed by atoms with Gasteiger partial charge in [-0.15, -0.1) is 0 Å². The van der Waals surface area contributed by atoms with Crippen molar-refractivity contribution in [2.75, 3.05) is 13.2 Å². The van der Waals surface area contributed by atoms with Gasteiger partial charge in [-0.3, -0.25) is 4.90 Å². The molecule has 1 fully saturated rings. The fraction of sp³-hybridized carbons (Fsp3) is 0.818. The molecular weight excluding hydrogens is 206 g/mol. The van der Waals surface area contributed by atoms with E-state index < -0.39 is 0 Å². The van der Waals surface area contributed by atoms with Gasteiger partial charge in [-0.2, -0.15) is 4.98 Å². The number of nitrogens with zero attached hydrogens (tertiary/aromatic N) is 3. The van der Waals surface area contributed by atoms with Crippen LogP contribution in [0.25, 0.3) is 0 Å². The monoisotopic (exact) mass is 225 g/mol. The molecular formula is C11H19N3O2. The Morgan fingerprint density at radius 3 is 3.19 bits per heavy atom. The van der Waals surface area contributed by atoms with Crippen LogP contribution >= 0.6 is 0 Å². The molecule has 2 rings (SSSR count). The predicted molar refractivity (Wildman–Crippen MR) is 58.8 cm³/mol. The van der Waals surface area contributed by atoms with Gasteiger partial charge in [0.2, 0.25) is 5.89 Å². The Labute approximate surface area is 95.4 Å². The first kappa shape index (κ1) is 11.5. The second-order valence-corrected chi connectivity index (χ2v) is 4.30. The quantitative estimate of drug-likeness (QED) is 0.809. The molecule has 1 aliphatic heterocycles. The van der Waals surface area contributed by atoms with Gasteiger partial charge in [-0.25, -0.2) is 0 Å². The van der Waals surface area contributed by atoms with Gasteiger partial charge in [0.15, 0.2) is 5.82 Å². The van der Waals surface area contributed by atoms with Crippen molar-refractivity contribution >= 4 is 0 Å². The molecule has 1 saturated heterocycles. The zero-order valence-corrected chi connectivity index (χ0v) is 9.72. The second-order valence-electron chi connectivity index (χ2n) is 4.30. The van der Waals surface area contributed by atoms with Crippen LogP contribution < -0.4 is 0 Å². The Kier molecular flexibility index (Phi) is 3.90. The van der Waals surface area contributed by atoms with Crippen molar-refractivity contribution in [2.45, 2.75) is 45.2 Å². The van der Waals surface area contributed by atoms with E-state index in [0.717, 1.165) is 38.1 Å². The fourth-order valence-corrected chi connectivity index (χ4v) is 2.16. The van der Waals surface area contributed by atoms with Gasteiger partial charge in [0.05, 0.1) is 13.2 Å². The maximum Gasteiger partial charge on any atom is 0.240 e. The lowest BCUT2D eigenvalue weighted by Crippen LogP contribution is -2.31. The van der Waals surface area contributed by atoms with E-state index in [-0.39, 0.29) is 12.6 Å². The zero-order chi connectivity index (χ0) is 11.4. The number of hydrogen-bond acceptors (Lipinski definition) is 5. The molecule has 16 heavy (non-hydrogen) atoms. The van der Waals surface area contributed by atoms with E-state index in [1.165, 1.54) is 0 Å². The highest BCUT2D eigenvalue weighted by Crippen LogP contribution is 2.18. The first-order valence-corrected chi connectivity index (χ1v) is 6.00. The summed E-state index contributed by atoms with van der Waals surface area (Å²) in [6, 6.07) is 0.265. The van der Waals surface area contributed by atoms with Crippen molar-refractivity contribution in [3.63, 3.8) is 0 Å². The molecule has 0 bridgehead atoms. The average Bonchev–Trinajstić information content (AvgIpc) is 2.89. The van der Waals surface area contributed by atoms with Gasteiger partial charge >= 0.3 is 0 Å². The van der Waals surface area contributed by atoms with Crippen LogP contribution in [0.15, 0.2) is 4.52 Å². The molecule has 5 heteroatoms. The third kappa shape index (κ3) is 2.59. The Morgan fingerprint density at radius 1 is 1.56 bits per heavy atom. The lowest BCUT2D eigenvalue weighted by Gasteiger charge is -2.20. The summed E-state index contributed by atoms with van der Waals surface area (Å²) in [5.41, 5.74) is 0. The molecule has 2 heterocycles. The van der Waals surface area contributed by atoms with Crippen LogP contribution in [0.1, 0.15) is 37.9 Å². The SMILES string of the molecule is CCCc1noc(CN2CCC[C@@H]2CO)n1. The average molecular weight is 225 g/mol. The van der Waals surface area contributed by atoms with E-state index in [9.17, 15) is 5.11 Å². The van der Waals surface area contributed by atoms with E-state index >= 15 is 0 Å². The zero-order valence-electron chi connectivity index (χ0n) is 9.72. The lowest BCUT2D eigenvalue weighted by molar-refractivity contribution is 0.141. The topological polar surface area (TPSA) is 62.4 Å². The predicted octanol–water partition coefficient (Wildman–Crippen LogP) is 0.979. The standard InChI is InChI=1S/C11H19N3O2/c1-2-4-10-12-11(16-13-10)7-14-6-3-5-9(14)8-15/h9,15H,2-8H2,1H3/t9-/m1/s1. The molecule has 0 aromatic carbocycles. The van der Waals surface area contributed by atoms with Crippen molar-refractivity contribution < 1.29 is 9.63 Å². The number of aliphatic hydroxyl groups excluding tert-OH is 1. The largest absolute Gasteiger partial charge is 0.395 e. The Bertz CT molecular complexity index is 327. The van der Waals surface area contributed by atoms with Gasteiger partial charge in [0.1, 0.15) is 0 Å². The summed E-state index contributed by atoms with van der Waals surface area (Å²) in [4.78, 5) is 6.54. The summed E-state index contributed by atoms with van der Waals surface area (Å²) < 4.78 is 5.19. The summed E-state index contributed by atoms with van der Waals surface area (Å²) in [7, 11) is 0. The molecule has 0 spiro atoms. The summed E-state index contributed by atoms with van der Waals surface area (Å²) in [5, 5.41) is 13.1. The van der Waals surface area contributed by atoms with Crippen molar-refractivity contribution in [3.8, 4) is 0 Å². The minimum Gasteiger partial charge on any atom is -0.395 e. The van der Waals surface area contributed by atoms with Crippen LogP contribution in [0.4, 0.5) is 0 Å². The number of aromatic nitrogens is 2. The second kappa shape index (κ2) is 5.41. The van der Waals surface area contributed by atoms with Gasteiger partial charge in [-0.05, 0) is 25.8 Å². The fourth-order valence-electron chi connectivity index (χ4n) is 2.16. The molecule has 1 aliphatic rings. The summed E-state index contributed by atoms with van der Waals surface area (Å²) in [6.45, 7) is 3.99. The number of hydrogen-bond donors (Lipinski definition) is 1. The third-order valence-electron chi connectivity index (χ3n) is 3.03. The van der Waals surface area contributed by atoms with E-state index in [2.05, 4.69) is 22.0 Å². The number of likely N-dealkylation sites (tertiary alicyclic amines) is 1. The van der Waals surface area contributed by atoms with Crippen molar-refractivity contribution in [1.82, 2.24) is 15.0 Å². The number of rotatable bonds is 5. The van der Waals surface area contributed by atoms with Gasteiger partial charge in [0, 0.05) is 12.5 Å². The summed E-state index contributed by atoms with van der Waals surface area (Å²) in [5.74, 6) is 1.46. The molecule has 90 valence electrons. The Hall–Kier alpha value is -0.940. The molecule has 0 radical (unpaired) electrons. The summed E-state index contributed by atoms with van der Waals surface area (Å²) in [6.07, 6.45) is 4.10. The molecule has 1 aromatic heterocycles. The van der Waals surface area contributed by atoms with E-state index in [1.807, 2.05) is 0 Å². The molecule has 0 aliphatic carbocycles. The van der Waals surface area contributed by atoms with Gasteiger partial charge in [0.25, 0.3) is 0 Å². The molecule has 0 unspecified atom stereocenters. The highest BCUT2D eigenvalue weighted by Gasteiger charge is 2.25. The molecule has 5 nitrogen and oxygen atoms in total. The molecule has 0 amide bonds. The highest BCUT2D eigenvalue weighted by atomic mass is 16.5. The van der Waals surface area contributed by atoms with Crippen molar-refractivity contribution in [2.24, 2.45) is 0 Å². The Balaban J connectivity index is 1.92. The minimum atomic E-state index is 0.218. The number of aryl methyl sites for hydroxylation is 1. The van der Waals surface area contributed by atoms with Gasteiger partial charge in [-0.1, -0.05) is 12.1 Å². The smallest absolute Gasteiger partial charge is 0.240 e. The molecule has 0 saturated carbocycles. The van der Waals surface area contributed by atoms with Crippen LogP contribution in [0.3, 0.4) is 0 Å². The first-order valence-electron chi connectivity index (χ1n) is 6.00. The third-order valence-corrected chi connectivity index (χ3v) is 3.03. The van der Waals surface area contributed by atoms with Crippen LogP contribution in [-0.4, -0.2) is 39.3 Å². The molecule has 1 aromatic rings. The molecule has 1 N–H and O–H groups in total. The lowest BCUT2D eigenvalue weighted by atomic mass is 10.2.